The lowest BCUT2D eigenvalue weighted by Gasteiger charge is -2.34. The van der Waals surface area contributed by atoms with Crippen molar-refractivity contribution in [3.63, 3.8) is 0 Å². The molecule has 0 radical (unpaired) electrons. The summed E-state index contributed by atoms with van der Waals surface area (Å²) in [4.78, 5) is 54.1. The first-order valence-corrected chi connectivity index (χ1v) is 12.8. The standard InChI is InChI=1S/C27H29FN4O4/c1-27(8-9-27)23(33)26(36)32-14-16-12-17(32)13-31(16)25(35)20-10-15(6-7-21(20)28)11-22-18-4-2-3-5-19(18)24(34)30-29-22/h6-7,10,16-17H,2-5,8-9,11-14H2,1H3,(H,30,34)/t16-,17+/m0/s1. The van der Waals surface area contributed by atoms with Gasteiger partial charge in [-0.1, -0.05) is 13.0 Å². The number of halogens is 1. The number of benzene rings is 1. The first-order chi connectivity index (χ1) is 17.2. The molecule has 8 nitrogen and oxygen atoms in total. The van der Waals surface area contributed by atoms with Crippen LogP contribution in [-0.4, -0.2) is 62.8 Å². The zero-order valence-electron chi connectivity index (χ0n) is 20.3. The van der Waals surface area contributed by atoms with Gasteiger partial charge < -0.3 is 9.80 Å². The Bertz CT molecular complexity index is 1350. The molecule has 2 bridgehead atoms. The number of carbonyl (C=O) groups excluding carboxylic acids is 3. The Morgan fingerprint density at radius 3 is 2.47 bits per heavy atom. The van der Waals surface area contributed by atoms with E-state index in [0.717, 1.165) is 60.9 Å². The minimum atomic E-state index is -0.590. The Labute approximate surface area is 207 Å². The normalized spacial score (nSPS) is 23.5. The predicted octanol–water partition coefficient (Wildman–Crippen LogP) is 2.17. The second kappa shape index (κ2) is 8.35. The van der Waals surface area contributed by atoms with Gasteiger partial charge in [-0.05, 0) is 68.2 Å². The molecule has 2 atom stereocenters. The minimum absolute atomic E-state index is 0.00205. The Kier molecular flexibility index (Phi) is 5.35. The number of rotatable bonds is 5. The van der Waals surface area contributed by atoms with Crippen LogP contribution in [0.25, 0.3) is 0 Å². The maximum Gasteiger partial charge on any atom is 0.290 e. The van der Waals surface area contributed by atoms with Crippen LogP contribution in [0.15, 0.2) is 23.0 Å². The fraction of sp³-hybridized carbons (Fsp3) is 0.519. The van der Waals surface area contributed by atoms with E-state index >= 15 is 0 Å². The molecule has 9 heteroatoms. The molecule has 0 unspecified atom stereocenters. The smallest absolute Gasteiger partial charge is 0.290 e. The largest absolute Gasteiger partial charge is 0.332 e. The van der Waals surface area contributed by atoms with Gasteiger partial charge in [0.25, 0.3) is 17.4 Å². The van der Waals surface area contributed by atoms with Crippen LogP contribution in [0.3, 0.4) is 0 Å². The molecule has 1 aromatic heterocycles. The van der Waals surface area contributed by atoms with Crippen LogP contribution in [0.4, 0.5) is 4.39 Å². The maximum absolute atomic E-state index is 14.8. The molecule has 3 fully saturated rings. The predicted molar refractivity (Wildman–Crippen MR) is 128 cm³/mol. The third kappa shape index (κ3) is 3.76. The van der Waals surface area contributed by atoms with Crippen molar-refractivity contribution in [3.8, 4) is 0 Å². The zero-order chi connectivity index (χ0) is 25.2. The lowest BCUT2D eigenvalue weighted by Crippen LogP contribution is -2.53. The Morgan fingerprint density at radius 2 is 1.78 bits per heavy atom. The van der Waals surface area contributed by atoms with Gasteiger partial charge >= 0.3 is 0 Å². The molecule has 0 spiro atoms. The van der Waals surface area contributed by atoms with Crippen LogP contribution in [0, 0.1) is 11.2 Å². The Balaban J connectivity index is 1.19. The molecule has 2 aromatic rings. The summed E-state index contributed by atoms with van der Waals surface area (Å²) in [5, 5.41) is 6.84. The SMILES string of the molecule is CC1(C(=O)C(=O)N2C[C@@H]3C[C@@H]2CN3C(=O)c2cc(Cc3n[nH]c(=O)c4c3CCCC4)ccc2F)CC1. The number of aromatic amines is 1. The topological polar surface area (TPSA) is 103 Å². The van der Waals surface area contributed by atoms with Gasteiger partial charge in [-0.2, -0.15) is 5.10 Å². The molecule has 1 saturated carbocycles. The fourth-order valence-corrected chi connectivity index (χ4v) is 6.04. The summed E-state index contributed by atoms with van der Waals surface area (Å²) in [6.45, 7) is 2.44. The average molecular weight is 493 g/mol. The molecule has 2 amide bonds. The molecule has 6 rings (SSSR count). The monoisotopic (exact) mass is 492 g/mol. The molecule has 1 aromatic carbocycles. The fourth-order valence-electron chi connectivity index (χ4n) is 6.04. The van der Waals surface area contributed by atoms with Gasteiger partial charge in [-0.3, -0.25) is 19.2 Å². The van der Waals surface area contributed by atoms with Crippen molar-refractivity contribution in [2.75, 3.05) is 13.1 Å². The number of carbonyl (C=O) groups is 3. The van der Waals surface area contributed by atoms with Crippen LogP contribution in [0.5, 0.6) is 0 Å². The number of piperazine rings is 1. The van der Waals surface area contributed by atoms with Crippen molar-refractivity contribution in [1.82, 2.24) is 20.0 Å². The van der Waals surface area contributed by atoms with Crippen molar-refractivity contribution >= 4 is 17.6 Å². The van der Waals surface area contributed by atoms with Crippen LogP contribution in [0.1, 0.15) is 71.8 Å². The number of amides is 2. The van der Waals surface area contributed by atoms with Crippen LogP contribution in [-0.2, 0) is 28.9 Å². The molecular formula is C27H29FN4O4. The highest BCUT2D eigenvalue weighted by molar-refractivity contribution is 6.38. The third-order valence-corrected chi connectivity index (χ3v) is 8.52. The highest BCUT2D eigenvalue weighted by atomic mass is 19.1. The summed E-state index contributed by atoms with van der Waals surface area (Å²) in [5.41, 5.74) is 2.60. The summed E-state index contributed by atoms with van der Waals surface area (Å²) in [5.74, 6) is -1.76. The molecule has 3 heterocycles. The molecule has 1 N–H and O–H groups in total. The Hall–Kier alpha value is -3.36. The van der Waals surface area contributed by atoms with Gasteiger partial charge in [0.15, 0.2) is 0 Å². The van der Waals surface area contributed by atoms with E-state index < -0.39 is 23.0 Å². The number of hydrogen-bond donors (Lipinski definition) is 1. The molecule has 188 valence electrons. The van der Waals surface area contributed by atoms with Crippen LogP contribution >= 0.6 is 0 Å². The third-order valence-electron chi connectivity index (χ3n) is 8.52. The summed E-state index contributed by atoms with van der Waals surface area (Å²) >= 11 is 0. The summed E-state index contributed by atoms with van der Waals surface area (Å²) < 4.78 is 14.8. The average Bonchev–Trinajstić information content (AvgIpc) is 3.32. The van der Waals surface area contributed by atoms with Gasteiger partial charge in [0, 0.05) is 30.5 Å². The number of likely N-dealkylation sites (tertiary alicyclic amines) is 2. The number of aromatic nitrogens is 2. The van der Waals surface area contributed by atoms with Crippen molar-refractivity contribution in [3.05, 3.63) is 62.3 Å². The highest BCUT2D eigenvalue weighted by Crippen LogP contribution is 2.46. The van der Waals surface area contributed by atoms with Gasteiger partial charge in [-0.25, -0.2) is 9.49 Å². The second-order valence-corrected chi connectivity index (χ2v) is 11.0. The highest BCUT2D eigenvalue weighted by Gasteiger charge is 2.53. The number of Topliss-reactive ketones (excluding diaryl/α,β-unsaturated/α-hetero) is 1. The number of nitrogens with zero attached hydrogens (tertiary/aromatic N) is 3. The van der Waals surface area contributed by atoms with Gasteiger partial charge in [-0.15, -0.1) is 0 Å². The van der Waals surface area contributed by atoms with E-state index in [4.69, 9.17) is 0 Å². The zero-order valence-corrected chi connectivity index (χ0v) is 20.3. The first-order valence-electron chi connectivity index (χ1n) is 12.8. The number of H-pyrrole nitrogens is 1. The van der Waals surface area contributed by atoms with E-state index in [1.165, 1.54) is 6.07 Å². The van der Waals surface area contributed by atoms with E-state index in [9.17, 15) is 23.6 Å². The van der Waals surface area contributed by atoms with Gasteiger partial charge in [0.2, 0.25) is 5.78 Å². The summed E-state index contributed by atoms with van der Waals surface area (Å²) in [6.07, 6.45) is 6.00. The van der Waals surface area contributed by atoms with Gasteiger partial charge in [0.1, 0.15) is 5.82 Å². The number of hydrogen-bond acceptors (Lipinski definition) is 5. The molecule has 4 aliphatic rings. The van der Waals surface area contributed by atoms with Crippen molar-refractivity contribution in [2.45, 2.75) is 70.4 Å². The van der Waals surface area contributed by atoms with Crippen molar-refractivity contribution in [2.24, 2.45) is 5.41 Å². The van der Waals surface area contributed by atoms with Crippen LogP contribution < -0.4 is 5.56 Å². The molecular weight excluding hydrogens is 463 g/mol. The lowest BCUT2D eigenvalue weighted by atomic mass is 9.90. The van der Waals surface area contributed by atoms with Crippen molar-refractivity contribution < 1.29 is 18.8 Å². The van der Waals surface area contributed by atoms with E-state index in [1.54, 1.807) is 21.9 Å². The van der Waals surface area contributed by atoms with E-state index in [1.807, 2.05) is 6.92 Å². The number of ketones is 1. The maximum atomic E-state index is 14.8. The summed E-state index contributed by atoms with van der Waals surface area (Å²) in [7, 11) is 0. The minimum Gasteiger partial charge on any atom is -0.332 e. The van der Waals surface area contributed by atoms with Crippen LogP contribution in [0.2, 0.25) is 0 Å². The summed E-state index contributed by atoms with van der Waals surface area (Å²) in [6, 6.07) is 4.10. The van der Waals surface area contributed by atoms with E-state index in [0.29, 0.717) is 25.9 Å². The van der Waals surface area contributed by atoms with E-state index in [-0.39, 0.29) is 29.0 Å². The molecule has 2 aliphatic heterocycles. The van der Waals surface area contributed by atoms with Gasteiger partial charge in [0.05, 0.1) is 23.3 Å². The number of fused-ring (bicyclic) bond motifs is 3. The lowest BCUT2D eigenvalue weighted by molar-refractivity contribution is -0.148. The van der Waals surface area contributed by atoms with E-state index in [2.05, 4.69) is 10.2 Å². The number of nitrogens with one attached hydrogen (secondary N) is 1. The second-order valence-electron chi connectivity index (χ2n) is 11.0. The molecule has 2 saturated heterocycles. The quantitative estimate of drug-likeness (QED) is 0.645. The first kappa shape index (κ1) is 23.1. The Morgan fingerprint density at radius 1 is 1.08 bits per heavy atom. The molecule has 2 aliphatic carbocycles. The van der Waals surface area contributed by atoms with Crippen molar-refractivity contribution in [1.29, 1.82) is 0 Å². The molecule has 36 heavy (non-hydrogen) atoms.